The topological polar surface area (TPSA) is 18.5 Å². The van der Waals surface area contributed by atoms with Crippen LogP contribution in [0.5, 0.6) is 0 Å². The Morgan fingerprint density at radius 2 is 1.69 bits per heavy atom. The molecule has 0 spiro atoms. The van der Waals surface area contributed by atoms with Crippen LogP contribution in [-0.2, 0) is 9.47 Å². The molecule has 7 heteroatoms. The fourth-order valence-electron chi connectivity index (χ4n) is 0.624. The average Bonchev–Trinajstić information content (AvgIpc) is 1.94. The second-order valence-corrected chi connectivity index (χ2v) is 2.46. The van der Waals surface area contributed by atoms with Crippen molar-refractivity contribution in [3.8, 4) is 0 Å². The predicted octanol–water partition coefficient (Wildman–Crippen LogP) is -1.11. The van der Waals surface area contributed by atoms with Gasteiger partial charge in [0.15, 0.2) is 0 Å². The molecule has 0 aliphatic carbocycles. The number of rotatable bonds is 7. The smallest absolute Gasteiger partial charge is 0.449 e. The van der Waals surface area contributed by atoms with Crippen molar-refractivity contribution in [1.82, 2.24) is 0 Å². The molecule has 0 aromatic heterocycles. The van der Waals surface area contributed by atoms with E-state index in [1.54, 1.807) is 7.11 Å². The van der Waals surface area contributed by atoms with Crippen LogP contribution in [0.25, 0.3) is 0 Å². The minimum atomic E-state index is -4.68. The Kier molecular flexibility index (Phi) is 12.9. The van der Waals surface area contributed by atoms with Gasteiger partial charge in [0, 0.05) is 26.9 Å². The first kappa shape index (κ1) is 16.8. The second-order valence-electron chi connectivity index (χ2n) is 2.46. The van der Waals surface area contributed by atoms with E-state index in [0.29, 0.717) is 19.6 Å². The minimum absolute atomic E-state index is 0. The summed E-state index contributed by atoms with van der Waals surface area (Å²) in [4.78, 5) is 0. The number of ether oxygens (including phenoxy) is 2. The Balaban J connectivity index is 0. The first-order valence-corrected chi connectivity index (χ1v) is 3.84. The van der Waals surface area contributed by atoms with Gasteiger partial charge >= 0.3 is 58.4 Å². The Labute approximate surface area is 119 Å². The molecule has 0 atom stereocenters. The van der Waals surface area contributed by atoms with Crippen molar-refractivity contribution in [2.24, 2.45) is 0 Å². The Morgan fingerprint density at radius 3 is 2.15 bits per heavy atom. The van der Waals surface area contributed by atoms with Crippen molar-refractivity contribution >= 4 is 6.98 Å². The molecule has 0 aromatic carbocycles. The van der Waals surface area contributed by atoms with Crippen molar-refractivity contribution in [3.05, 3.63) is 0 Å². The SMILES string of the molecule is COCCCOCC[B-](F)(F)F.[K+]. The molecule has 0 saturated carbocycles. The number of methoxy groups -OCH3 is 1. The molecule has 0 bridgehead atoms. The standard InChI is InChI=1S/C6H13BF3O2.K/c1-11-4-2-5-12-6-3-7(8,9)10;/h2-6H2,1H3;/q-1;+1. The summed E-state index contributed by atoms with van der Waals surface area (Å²) in [6.07, 6.45) is -0.172. The Bertz CT molecular complexity index is 113. The van der Waals surface area contributed by atoms with Crippen LogP contribution in [-0.4, -0.2) is 33.9 Å². The van der Waals surface area contributed by atoms with Gasteiger partial charge in [0.2, 0.25) is 0 Å². The molecule has 0 radical (unpaired) electrons. The van der Waals surface area contributed by atoms with Crippen LogP contribution < -0.4 is 51.4 Å². The first-order valence-electron chi connectivity index (χ1n) is 3.84. The zero-order valence-corrected chi connectivity index (χ0v) is 11.2. The Hall–Kier alpha value is 1.41. The Morgan fingerprint density at radius 1 is 1.08 bits per heavy atom. The van der Waals surface area contributed by atoms with Crippen molar-refractivity contribution in [2.45, 2.75) is 12.7 Å². The van der Waals surface area contributed by atoms with Crippen molar-refractivity contribution in [1.29, 1.82) is 0 Å². The fraction of sp³-hybridized carbons (Fsp3) is 1.00. The number of halogens is 3. The van der Waals surface area contributed by atoms with Crippen molar-refractivity contribution in [3.63, 3.8) is 0 Å². The maximum absolute atomic E-state index is 11.6. The average molecular weight is 224 g/mol. The molecule has 74 valence electrons. The van der Waals surface area contributed by atoms with Crippen LogP contribution >= 0.6 is 0 Å². The van der Waals surface area contributed by atoms with E-state index in [0.717, 1.165) is 0 Å². The molecular formula is C6H13BF3KO2. The van der Waals surface area contributed by atoms with E-state index in [-0.39, 0.29) is 58.0 Å². The monoisotopic (exact) mass is 224 g/mol. The molecule has 0 N–H and O–H groups in total. The van der Waals surface area contributed by atoms with E-state index in [9.17, 15) is 12.9 Å². The normalized spacial score (nSPS) is 11.1. The van der Waals surface area contributed by atoms with Gasteiger partial charge in [-0.1, -0.05) is 6.32 Å². The van der Waals surface area contributed by atoms with Gasteiger partial charge < -0.3 is 22.4 Å². The van der Waals surface area contributed by atoms with Crippen LogP contribution in [0.4, 0.5) is 12.9 Å². The third-order valence-corrected chi connectivity index (χ3v) is 1.23. The van der Waals surface area contributed by atoms with Gasteiger partial charge in [0.1, 0.15) is 0 Å². The molecule has 0 aliphatic rings. The van der Waals surface area contributed by atoms with Gasteiger partial charge in [0.25, 0.3) is 0 Å². The largest absolute Gasteiger partial charge is 1.00 e. The first-order chi connectivity index (χ1) is 5.56. The molecule has 0 unspecified atom stereocenters. The molecule has 0 aromatic rings. The van der Waals surface area contributed by atoms with Gasteiger partial charge in [-0.2, -0.15) is 0 Å². The van der Waals surface area contributed by atoms with E-state index in [2.05, 4.69) is 0 Å². The van der Waals surface area contributed by atoms with Crippen LogP contribution in [0.2, 0.25) is 6.32 Å². The van der Waals surface area contributed by atoms with E-state index < -0.39 is 13.3 Å². The second kappa shape index (κ2) is 9.95. The van der Waals surface area contributed by atoms with E-state index in [1.807, 2.05) is 0 Å². The van der Waals surface area contributed by atoms with Gasteiger partial charge in [-0.05, 0) is 6.42 Å². The molecule has 0 amide bonds. The zero-order valence-electron chi connectivity index (χ0n) is 8.06. The third-order valence-electron chi connectivity index (χ3n) is 1.23. The minimum Gasteiger partial charge on any atom is -0.449 e. The molecule has 0 fully saturated rings. The number of hydrogen-bond acceptors (Lipinski definition) is 2. The molecule has 13 heavy (non-hydrogen) atoms. The predicted molar refractivity (Wildman–Crippen MR) is 41.2 cm³/mol. The van der Waals surface area contributed by atoms with Crippen molar-refractivity contribution in [2.75, 3.05) is 26.9 Å². The molecule has 0 saturated heterocycles. The summed E-state index contributed by atoms with van der Waals surface area (Å²) < 4.78 is 44.2. The van der Waals surface area contributed by atoms with Crippen molar-refractivity contribution < 1.29 is 73.8 Å². The summed E-state index contributed by atoms with van der Waals surface area (Å²) >= 11 is 0. The van der Waals surface area contributed by atoms with Gasteiger partial charge in [-0.25, -0.2) is 0 Å². The molecular weight excluding hydrogens is 211 g/mol. The van der Waals surface area contributed by atoms with Gasteiger partial charge in [0.05, 0.1) is 0 Å². The fourth-order valence-corrected chi connectivity index (χ4v) is 0.624. The van der Waals surface area contributed by atoms with E-state index in [1.165, 1.54) is 0 Å². The summed E-state index contributed by atoms with van der Waals surface area (Å²) in [5.74, 6) is 0. The zero-order chi connectivity index (χ0) is 9.45. The maximum Gasteiger partial charge on any atom is 1.00 e. The van der Waals surface area contributed by atoms with Crippen LogP contribution in [0.15, 0.2) is 0 Å². The molecule has 0 heterocycles. The van der Waals surface area contributed by atoms with Crippen LogP contribution in [0.1, 0.15) is 6.42 Å². The van der Waals surface area contributed by atoms with E-state index in [4.69, 9.17) is 9.47 Å². The van der Waals surface area contributed by atoms with Gasteiger partial charge in [-0.3, -0.25) is 0 Å². The quantitative estimate of drug-likeness (QED) is 0.403. The van der Waals surface area contributed by atoms with E-state index >= 15 is 0 Å². The third kappa shape index (κ3) is 16.1. The maximum atomic E-state index is 11.6. The molecule has 0 aliphatic heterocycles. The summed E-state index contributed by atoms with van der Waals surface area (Å²) in [6.45, 7) is -4.05. The summed E-state index contributed by atoms with van der Waals surface area (Å²) in [7, 11) is 1.54. The molecule has 0 rings (SSSR count). The molecule has 2 nitrogen and oxygen atoms in total. The summed E-state index contributed by atoms with van der Waals surface area (Å²) in [5.41, 5.74) is 0. The summed E-state index contributed by atoms with van der Waals surface area (Å²) in [5, 5.41) is 0. The number of hydrogen-bond donors (Lipinski definition) is 0. The summed E-state index contributed by atoms with van der Waals surface area (Å²) in [6, 6.07) is 0. The van der Waals surface area contributed by atoms with Crippen LogP contribution in [0.3, 0.4) is 0 Å². The van der Waals surface area contributed by atoms with Crippen LogP contribution in [0, 0.1) is 0 Å². The van der Waals surface area contributed by atoms with Gasteiger partial charge in [-0.15, -0.1) is 0 Å².